The minimum atomic E-state index is -0.714. The van der Waals surface area contributed by atoms with Gasteiger partial charge in [-0.25, -0.2) is 4.39 Å². The molecule has 0 saturated carbocycles. The Morgan fingerprint density at radius 1 is 1.60 bits per heavy atom. The van der Waals surface area contributed by atoms with Gasteiger partial charge >= 0.3 is 5.97 Å². The molecule has 5 nitrogen and oxygen atoms in total. The summed E-state index contributed by atoms with van der Waals surface area (Å²) in [5.74, 6) is -1.21. The Bertz CT molecular complexity index is 601. The fraction of sp³-hybridized carbons (Fsp3) is 0.333. The maximum atomic E-state index is 13.7. The van der Waals surface area contributed by atoms with Gasteiger partial charge in [0, 0.05) is 15.5 Å². The summed E-state index contributed by atoms with van der Waals surface area (Å²) in [7, 11) is 0. The third-order valence-corrected chi connectivity index (χ3v) is 2.86. The van der Waals surface area contributed by atoms with Gasteiger partial charge in [0.15, 0.2) is 0 Å². The summed E-state index contributed by atoms with van der Waals surface area (Å²) in [5, 5.41) is 3.25. The van der Waals surface area contributed by atoms with Gasteiger partial charge < -0.3 is 4.74 Å². The van der Waals surface area contributed by atoms with E-state index < -0.39 is 11.8 Å². The lowest BCUT2D eigenvalue weighted by Crippen LogP contribution is -2.14. The summed E-state index contributed by atoms with van der Waals surface area (Å²) in [6.45, 7) is 3.43. The van der Waals surface area contributed by atoms with Crippen molar-refractivity contribution in [3.8, 4) is 0 Å². The summed E-state index contributed by atoms with van der Waals surface area (Å²) in [6, 6.07) is 2.31. The van der Waals surface area contributed by atoms with E-state index in [4.69, 9.17) is 34.1 Å². The van der Waals surface area contributed by atoms with Crippen LogP contribution in [0.5, 0.6) is 0 Å². The Kier molecular flexibility index (Phi) is 5.88. The minimum absolute atomic E-state index is 0.0745. The summed E-state index contributed by atoms with van der Waals surface area (Å²) in [5.41, 5.74) is 8.58. The van der Waals surface area contributed by atoms with Crippen LogP contribution in [0.2, 0.25) is 5.02 Å². The molecule has 1 rings (SSSR count). The fourth-order valence-corrected chi connectivity index (χ4v) is 1.86. The van der Waals surface area contributed by atoms with Crippen LogP contribution >= 0.6 is 23.8 Å². The molecule has 0 radical (unpaired) electrons. The van der Waals surface area contributed by atoms with Gasteiger partial charge in [0.1, 0.15) is 10.8 Å². The number of thiocarbonyl (C=S) groups is 1. The molecule has 0 saturated heterocycles. The number of hydrogen-bond donors (Lipinski definition) is 0. The van der Waals surface area contributed by atoms with Crippen LogP contribution in [0.1, 0.15) is 25.0 Å². The molecule has 0 aliphatic rings. The van der Waals surface area contributed by atoms with Gasteiger partial charge in [-0.15, -0.1) is 0 Å². The first kappa shape index (κ1) is 16.4. The Hall–Kier alpha value is -1.69. The minimum Gasteiger partial charge on any atom is -0.463 e. The molecule has 8 heteroatoms. The number of halogens is 2. The smallest absolute Gasteiger partial charge is 0.310 e. The summed E-state index contributed by atoms with van der Waals surface area (Å²) in [4.78, 5) is 13.8. The van der Waals surface area contributed by atoms with Crippen molar-refractivity contribution in [2.75, 3.05) is 0 Å². The topological polar surface area (TPSA) is 75.1 Å². The highest BCUT2D eigenvalue weighted by Crippen LogP contribution is 2.23. The number of carbonyl (C=O) groups is 1. The molecule has 0 amide bonds. The van der Waals surface area contributed by atoms with E-state index in [1.54, 1.807) is 13.8 Å². The van der Waals surface area contributed by atoms with Crippen molar-refractivity contribution >= 4 is 34.8 Å². The van der Waals surface area contributed by atoms with Crippen LogP contribution in [-0.4, -0.2) is 17.1 Å². The van der Waals surface area contributed by atoms with Crippen LogP contribution in [-0.2, 0) is 16.0 Å². The molecule has 0 aliphatic heterocycles. The highest BCUT2D eigenvalue weighted by atomic mass is 35.5. The van der Waals surface area contributed by atoms with Gasteiger partial charge in [-0.2, -0.15) is 0 Å². The molecule has 0 fully saturated rings. The highest BCUT2D eigenvalue weighted by Gasteiger charge is 2.15. The van der Waals surface area contributed by atoms with Gasteiger partial charge in [0.25, 0.3) is 0 Å². The molecule has 0 atom stereocenters. The Balaban J connectivity index is 3.08. The Morgan fingerprint density at radius 3 is 2.80 bits per heavy atom. The number of carbonyl (C=O) groups excluding carboxylic acids is 1. The molecule has 0 spiro atoms. The van der Waals surface area contributed by atoms with Gasteiger partial charge in [0.2, 0.25) is 0 Å². The van der Waals surface area contributed by atoms with Crippen molar-refractivity contribution < 1.29 is 13.9 Å². The van der Waals surface area contributed by atoms with Crippen molar-refractivity contribution in [3.05, 3.63) is 44.5 Å². The summed E-state index contributed by atoms with van der Waals surface area (Å²) in [6.07, 6.45) is -0.381. The molecule has 0 heterocycles. The van der Waals surface area contributed by atoms with Crippen LogP contribution in [0.4, 0.5) is 4.39 Å². The lowest BCUT2D eigenvalue weighted by atomic mass is 10.1. The predicted molar refractivity (Wildman–Crippen MR) is 77.2 cm³/mol. The van der Waals surface area contributed by atoms with Crippen molar-refractivity contribution in [1.82, 2.24) is 0 Å². The van der Waals surface area contributed by atoms with Gasteiger partial charge in [-0.1, -0.05) is 23.8 Å². The van der Waals surface area contributed by atoms with Crippen LogP contribution in [0.15, 0.2) is 17.2 Å². The molecule has 0 bridgehead atoms. The molecule has 0 aliphatic carbocycles. The van der Waals surface area contributed by atoms with Crippen molar-refractivity contribution in [1.29, 1.82) is 0 Å². The second-order valence-corrected chi connectivity index (χ2v) is 4.93. The van der Waals surface area contributed by atoms with Gasteiger partial charge in [-0.3, -0.25) is 4.79 Å². The SMILES string of the molecule is CC(C)OC(=O)Cc1cc(C(=S)N=[N+]=[N-])c(F)cc1Cl. The Morgan fingerprint density at radius 2 is 2.25 bits per heavy atom. The predicted octanol–water partition coefficient (Wildman–Crippen LogP) is 3.96. The van der Waals surface area contributed by atoms with E-state index in [1.165, 1.54) is 6.07 Å². The van der Waals surface area contributed by atoms with Crippen LogP contribution in [0, 0.1) is 5.82 Å². The maximum Gasteiger partial charge on any atom is 0.310 e. The summed E-state index contributed by atoms with van der Waals surface area (Å²) >= 11 is 10.6. The third kappa shape index (κ3) is 4.45. The molecular formula is C12H11ClFN3O2S. The van der Waals surface area contributed by atoms with Gasteiger partial charge in [0.05, 0.1) is 12.5 Å². The number of esters is 1. The fourth-order valence-electron chi connectivity index (χ4n) is 1.45. The van der Waals surface area contributed by atoms with E-state index in [9.17, 15) is 9.18 Å². The standard InChI is InChI=1S/C12H11ClFN3O2S/c1-6(2)19-11(18)4-7-3-8(12(20)16-17-15)10(14)5-9(7)13/h3,5-6H,4H2,1-2H3. The second kappa shape index (κ2) is 7.19. The molecule has 0 aromatic heterocycles. The lowest BCUT2D eigenvalue weighted by molar-refractivity contribution is -0.146. The van der Waals surface area contributed by atoms with Crippen molar-refractivity contribution in [3.63, 3.8) is 0 Å². The van der Waals surface area contributed by atoms with E-state index >= 15 is 0 Å². The zero-order valence-electron chi connectivity index (χ0n) is 10.8. The number of hydrogen-bond acceptors (Lipinski definition) is 3. The molecule has 0 unspecified atom stereocenters. The van der Waals surface area contributed by atoms with Gasteiger partial charge in [-0.05, 0) is 42.2 Å². The van der Waals surface area contributed by atoms with E-state index in [1.807, 2.05) is 0 Å². The number of azide groups is 1. The number of nitrogens with zero attached hydrogens (tertiary/aromatic N) is 3. The third-order valence-electron chi connectivity index (χ3n) is 2.20. The first-order chi connectivity index (χ1) is 9.35. The summed E-state index contributed by atoms with van der Waals surface area (Å²) < 4.78 is 18.7. The number of benzene rings is 1. The van der Waals surface area contributed by atoms with E-state index in [0.29, 0.717) is 5.56 Å². The lowest BCUT2D eigenvalue weighted by Gasteiger charge is -2.10. The average molecular weight is 316 g/mol. The highest BCUT2D eigenvalue weighted by molar-refractivity contribution is 7.80. The molecule has 1 aromatic carbocycles. The first-order valence-electron chi connectivity index (χ1n) is 5.62. The zero-order chi connectivity index (χ0) is 15.3. The van der Waals surface area contributed by atoms with Crippen LogP contribution in [0.25, 0.3) is 10.4 Å². The molecule has 1 aromatic rings. The number of rotatable bonds is 4. The second-order valence-electron chi connectivity index (χ2n) is 4.13. The van der Waals surface area contributed by atoms with E-state index in [2.05, 4.69) is 10.0 Å². The maximum absolute atomic E-state index is 13.7. The number of ether oxygens (including phenoxy) is 1. The average Bonchev–Trinajstić information content (AvgIpc) is 2.31. The Labute approximate surface area is 125 Å². The van der Waals surface area contributed by atoms with Crippen molar-refractivity contribution in [2.45, 2.75) is 26.4 Å². The van der Waals surface area contributed by atoms with Crippen molar-refractivity contribution in [2.24, 2.45) is 5.11 Å². The molecule has 106 valence electrons. The molecular weight excluding hydrogens is 305 g/mol. The van der Waals surface area contributed by atoms with Crippen LogP contribution < -0.4 is 0 Å². The van der Waals surface area contributed by atoms with E-state index in [-0.39, 0.29) is 28.1 Å². The zero-order valence-corrected chi connectivity index (χ0v) is 12.3. The van der Waals surface area contributed by atoms with E-state index in [0.717, 1.165) is 6.07 Å². The monoisotopic (exact) mass is 315 g/mol. The largest absolute Gasteiger partial charge is 0.463 e. The quantitative estimate of drug-likeness (QED) is 0.277. The molecule has 20 heavy (non-hydrogen) atoms. The first-order valence-corrected chi connectivity index (χ1v) is 6.40. The molecule has 0 N–H and O–H groups in total. The normalized spacial score (nSPS) is 10.1. The van der Waals surface area contributed by atoms with Crippen LogP contribution in [0.3, 0.4) is 0 Å².